The van der Waals surface area contributed by atoms with Crippen molar-refractivity contribution in [1.29, 1.82) is 0 Å². The lowest BCUT2D eigenvalue weighted by atomic mass is 9.62. The number of aryl methyl sites for hydroxylation is 2. The van der Waals surface area contributed by atoms with Gasteiger partial charge in [0, 0.05) is 128 Å². The van der Waals surface area contributed by atoms with E-state index in [1.54, 1.807) is 19.1 Å². The van der Waals surface area contributed by atoms with Crippen molar-refractivity contribution in [2.75, 3.05) is 128 Å². The summed E-state index contributed by atoms with van der Waals surface area (Å²) >= 11 is 13.0. The van der Waals surface area contributed by atoms with E-state index in [9.17, 15) is 31.8 Å². The molecule has 2 N–H and O–H groups in total. The van der Waals surface area contributed by atoms with Gasteiger partial charge in [-0.05, 0) is 252 Å². The van der Waals surface area contributed by atoms with Gasteiger partial charge >= 0.3 is 0 Å². The second-order valence-corrected chi connectivity index (χ2v) is 41.1. The molecule has 584 valence electrons. The number of halogens is 2. The first-order valence-corrected chi connectivity index (χ1v) is 45.1. The third-order valence-corrected chi connectivity index (χ3v) is 34.5. The summed E-state index contributed by atoms with van der Waals surface area (Å²) in [6, 6.07) is 24.2. The summed E-state index contributed by atoms with van der Waals surface area (Å²) in [7, 11) is -6.87. The van der Waals surface area contributed by atoms with Crippen molar-refractivity contribution in [3.05, 3.63) is 116 Å². The molecule has 4 aromatic carbocycles. The van der Waals surface area contributed by atoms with Crippen LogP contribution >= 0.6 is 23.2 Å². The molecule has 17 atom stereocenters. The average molecular weight is 1560 g/mol. The van der Waals surface area contributed by atoms with Crippen molar-refractivity contribution >= 4 is 83.8 Å². The van der Waals surface area contributed by atoms with Crippen LogP contribution in [0.3, 0.4) is 0 Å². The Bertz CT molecular complexity index is 4120. The van der Waals surface area contributed by atoms with Crippen LogP contribution in [0.5, 0.6) is 11.5 Å². The second-order valence-electron chi connectivity index (χ2n) is 35.8. The van der Waals surface area contributed by atoms with Gasteiger partial charge in [-0.25, -0.2) is 17.3 Å². The smallest absolute Gasteiger partial charge is 0.264 e. The van der Waals surface area contributed by atoms with Gasteiger partial charge in [-0.3, -0.25) is 33.7 Å². The quantitative estimate of drug-likeness (QED) is 0.179. The molecule has 4 aromatic rings. The molecule has 19 nitrogen and oxygen atoms in total. The van der Waals surface area contributed by atoms with Crippen LogP contribution in [0.4, 0.5) is 11.4 Å². The average Bonchev–Trinajstić information content (AvgIpc) is 1.55. The Morgan fingerprint density at radius 1 is 0.528 bits per heavy atom. The number of hydrogen-bond donors (Lipinski definition) is 2. The molecule has 0 radical (unpaired) electrons. The molecular formula is C85H112Cl2N8O11S2. The minimum Gasteiger partial charge on any atom is -0.490 e. The Balaban J connectivity index is 0.000000158. The van der Waals surface area contributed by atoms with Crippen LogP contribution in [0.15, 0.2) is 72.8 Å². The number of amides is 4. The number of sulfonamides is 1. The maximum atomic E-state index is 14.5. The summed E-state index contributed by atoms with van der Waals surface area (Å²) in [5.41, 5.74) is 7.10. The summed E-state index contributed by atoms with van der Waals surface area (Å²) in [6.07, 6.45) is 17.8. The maximum absolute atomic E-state index is 14.5. The van der Waals surface area contributed by atoms with E-state index in [4.69, 9.17) is 42.1 Å². The summed E-state index contributed by atoms with van der Waals surface area (Å²) in [5.74, 6) is 6.96. The Labute approximate surface area is 650 Å². The van der Waals surface area contributed by atoms with E-state index in [-0.39, 0.29) is 62.5 Å². The molecule has 6 aliphatic carbocycles. The molecule has 23 heteroatoms. The topological polar surface area (TPSA) is 200 Å². The monoisotopic (exact) mass is 1550 g/mol. The lowest BCUT2D eigenvalue weighted by molar-refractivity contribution is -0.141. The third-order valence-electron chi connectivity index (χ3n) is 29.9. The number of piperazine rings is 2. The highest BCUT2D eigenvalue weighted by atomic mass is 35.5. The van der Waals surface area contributed by atoms with Crippen LogP contribution in [0.25, 0.3) is 0 Å². The zero-order chi connectivity index (χ0) is 74.8. The Hall–Kier alpha value is -5.65. The number of anilines is 2. The summed E-state index contributed by atoms with van der Waals surface area (Å²) in [6.45, 7) is 21.7. The second kappa shape index (κ2) is 29.4. The van der Waals surface area contributed by atoms with Crippen molar-refractivity contribution in [1.82, 2.24) is 29.0 Å². The summed E-state index contributed by atoms with van der Waals surface area (Å²) < 4.78 is 71.7. The molecule has 14 aliphatic rings. The minimum atomic E-state index is -3.94. The van der Waals surface area contributed by atoms with E-state index < -0.39 is 30.9 Å². The highest BCUT2D eigenvalue weighted by Crippen LogP contribution is 2.70. The number of morpholine rings is 2. The van der Waals surface area contributed by atoms with Crippen LogP contribution in [0.2, 0.25) is 10.0 Å². The normalized spacial score (nSPS) is 37.4. The highest BCUT2D eigenvalue weighted by Gasteiger charge is 2.67. The van der Waals surface area contributed by atoms with E-state index >= 15 is 0 Å². The highest BCUT2D eigenvalue weighted by molar-refractivity contribution is 7.99. The van der Waals surface area contributed by atoms with Crippen molar-refractivity contribution in [2.24, 2.45) is 58.2 Å². The molecule has 4 bridgehead atoms. The van der Waals surface area contributed by atoms with Gasteiger partial charge in [-0.15, -0.1) is 0 Å². The zero-order valence-electron chi connectivity index (χ0n) is 63.8. The van der Waals surface area contributed by atoms with Gasteiger partial charge in [0.15, 0.2) is 0 Å². The van der Waals surface area contributed by atoms with Crippen molar-refractivity contribution in [2.45, 2.75) is 177 Å². The van der Waals surface area contributed by atoms with Crippen LogP contribution in [-0.4, -0.2) is 202 Å². The van der Waals surface area contributed by atoms with Gasteiger partial charge in [-0.1, -0.05) is 62.0 Å². The molecule has 18 rings (SSSR count). The van der Waals surface area contributed by atoms with Gasteiger partial charge in [0.1, 0.15) is 11.5 Å². The Kier molecular flexibility index (Phi) is 20.4. The number of ether oxygens (including phenoxy) is 4. The van der Waals surface area contributed by atoms with Gasteiger partial charge in [0.05, 0.1) is 78.1 Å². The molecule has 4 saturated carbocycles. The lowest BCUT2D eigenvalue weighted by Crippen LogP contribution is -2.59. The Morgan fingerprint density at radius 2 is 0.991 bits per heavy atom. The van der Waals surface area contributed by atoms with Crippen molar-refractivity contribution in [3.8, 4) is 11.5 Å². The van der Waals surface area contributed by atoms with Crippen LogP contribution < -0.4 is 28.7 Å². The number of carbonyl (C=O) groups excluding carboxylic acids is 4. The summed E-state index contributed by atoms with van der Waals surface area (Å²) in [5, 5.41) is 0.466. The Morgan fingerprint density at radius 3 is 1.45 bits per heavy atom. The summed E-state index contributed by atoms with van der Waals surface area (Å²) in [4.78, 5) is 70.7. The molecule has 1 unspecified atom stereocenters. The van der Waals surface area contributed by atoms with Crippen LogP contribution in [0.1, 0.15) is 173 Å². The van der Waals surface area contributed by atoms with E-state index in [0.717, 1.165) is 234 Å². The van der Waals surface area contributed by atoms with E-state index in [0.29, 0.717) is 84.8 Å². The molecule has 4 spiro atoms. The fourth-order valence-electron chi connectivity index (χ4n) is 22.8. The third kappa shape index (κ3) is 14.0. The standard InChI is InChI=1S/C43H57ClN4O5S.C42H55ClN4O6S/c1-28-6-4-15-43(22-37(43)41(50)47-17-16-46-18-19-52-25-34(46)24-47)36-11-8-32(36)23-48-26-42(14-5-7-30-20-33(44)10-12-35(30)42)27-53-39-13-9-31(21-38(39)48)40(49)45-54(3,51)29(28)2;1-27-5-3-14-42(21-36(42)40(49)46-16-15-45-17-18-52-24-33(45)23-46)35-10-7-31(35)22-47-25-41(13-4-6-29-19-32(43)9-11-34(29)41)26-53-38-12-8-30(20-37(38)47)39(48)44-54(50,51)28(27)2/h9-10,12-13,20-21,28-29,32,34,36-37H,3-8,11,14-19,22-27H2,1-2H3,(H,45,49,51);8-9,11-12,19-20,27-28,31,33,35-36H,3-7,10,13-18,21-26H2,1-2H3,(H,44,48)/t28-,29+,32-,34+,36+,37+,42-,43+,54?;27-,28+,31-,33+,35+,36-,41-,42+/m00/s1. The predicted octanol–water partition coefficient (Wildman–Crippen LogP) is 11.6. The number of nitrogens with one attached hydrogen (secondary N) is 2. The van der Waals surface area contributed by atoms with Crippen LogP contribution in [0, 0.1) is 58.2 Å². The first kappa shape index (κ1) is 75.1. The van der Waals surface area contributed by atoms with Gasteiger partial charge in [-0.2, -0.15) is 0 Å². The first-order chi connectivity index (χ1) is 51.9. The maximum Gasteiger partial charge on any atom is 0.264 e. The molecule has 4 saturated heterocycles. The minimum absolute atomic E-state index is 0.00339. The van der Waals surface area contributed by atoms with Gasteiger partial charge in [0.2, 0.25) is 21.8 Å². The SMILES string of the molecule is C=S1(=O)NC(=O)c2ccc3c(c2)N(C[C@@H]2CC[C@H]2[C@@]2(CCC[C@H](C)[C@H]1C)C[C@@H]2C(=O)N1CCN2CCOC[C@H]2C1)C[C@@]1(CCCc2cc(Cl)ccc21)CO3.C[C@@H]1[C@@H](C)CCC[C@@]2(C[C@H]2C(=O)N2CCN3CCOC[C@H]3C2)[C@@H]2CC[C@H]2CN2C[C@@]3(CCCc4cc(Cl)ccc43)COc3ccc(cc32)C(=O)NS1(=O)=O. The number of carbonyl (C=O) groups is 4. The van der Waals surface area contributed by atoms with E-state index in [1.165, 1.54) is 22.3 Å². The molecule has 8 fully saturated rings. The largest absolute Gasteiger partial charge is 0.490 e. The van der Waals surface area contributed by atoms with E-state index in [2.05, 4.69) is 75.9 Å². The lowest BCUT2D eigenvalue weighted by Gasteiger charge is -2.48. The molecule has 8 heterocycles. The molecule has 108 heavy (non-hydrogen) atoms. The fraction of sp³-hybridized carbons (Fsp3) is 0.659. The fourth-order valence-corrected chi connectivity index (χ4v) is 26.0. The zero-order valence-corrected chi connectivity index (χ0v) is 66.9. The van der Waals surface area contributed by atoms with Gasteiger partial charge < -0.3 is 38.5 Å². The van der Waals surface area contributed by atoms with Crippen molar-refractivity contribution < 1.29 is 50.8 Å². The number of hydrogen-bond acceptors (Lipinski definition) is 15. The van der Waals surface area contributed by atoms with Crippen molar-refractivity contribution in [3.63, 3.8) is 0 Å². The van der Waals surface area contributed by atoms with Crippen LogP contribution in [-0.2, 0) is 62.5 Å². The van der Waals surface area contributed by atoms with E-state index in [1.807, 2.05) is 50.2 Å². The van der Waals surface area contributed by atoms with Gasteiger partial charge in [0.25, 0.3) is 11.8 Å². The number of benzene rings is 4. The number of rotatable bonds is 2. The number of fused-ring (bicyclic) bond motifs is 12. The first-order valence-electron chi connectivity index (χ1n) is 41.0. The molecule has 0 aromatic heterocycles. The molecule has 8 aliphatic heterocycles. The molecule has 4 amide bonds. The number of nitrogens with zero attached hydrogens (tertiary/aromatic N) is 6. The predicted molar refractivity (Wildman–Crippen MR) is 424 cm³/mol. The molecular weight excluding hydrogens is 1440 g/mol.